The van der Waals surface area contributed by atoms with Crippen molar-refractivity contribution in [2.24, 2.45) is 5.10 Å². The Kier molecular flexibility index (Phi) is 7.34. The summed E-state index contributed by atoms with van der Waals surface area (Å²) in [5.41, 5.74) is 1.51. The Morgan fingerprint density at radius 3 is 2.61 bits per heavy atom. The molecule has 0 spiro atoms. The zero-order chi connectivity index (χ0) is 29.1. The molecule has 0 bridgehead atoms. The molecule has 1 aliphatic heterocycles. The third-order valence-electron chi connectivity index (χ3n) is 5.86. The molecule has 0 saturated heterocycles. The second-order valence-corrected chi connectivity index (χ2v) is 8.66. The maximum Gasteiger partial charge on any atom is 0.490 e. The van der Waals surface area contributed by atoms with E-state index >= 15 is 0 Å². The number of benzene rings is 2. The first-order valence-electron chi connectivity index (χ1n) is 11.8. The highest BCUT2D eigenvalue weighted by Gasteiger charge is 2.41. The Morgan fingerprint density at radius 1 is 1.07 bits per heavy atom. The van der Waals surface area contributed by atoms with Crippen molar-refractivity contribution in [3.05, 3.63) is 94.9 Å². The van der Waals surface area contributed by atoms with E-state index in [2.05, 4.69) is 37.1 Å². The molecule has 0 fully saturated rings. The zero-order valence-corrected chi connectivity index (χ0v) is 20.7. The van der Waals surface area contributed by atoms with E-state index in [0.717, 1.165) is 17.1 Å². The van der Waals surface area contributed by atoms with Crippen LogP contribution in [0.15, 0.2) is 66.0 Å². The molecule has 2 aromatic heterocycles. The molecule has 5 rings (SSSR count). The molecule has 4 aromatic rings. The SMILES string of the molecule is O=C(Nc1ccc(COC(=O)C(F)(F)F)c(C#Cc2cnc3cccnn23)c1)N1N=CCC1c1cc(F)cc(F)c1. The molecular formula is C27H17F5N6O3. The van der Waals surface area contributed by atoms with Crippen molar-refractivity contribution in [3.8, 4) is 11.8 Å². The predicted octanol–water partition coefficient (Wildman–Crippen LogP) is 4.98. The molecule has 41 heavy (non-hydrogen) atoms. The van der Waals surface area contributed by atoms with Crippen molar-refractivity contribution in [1.82, 2.24) is 19.6 Å². The molecule has 9 nitrogen and oxygen atoms in total. The molecule has 3 heterocycles. The van der Waals surface area contributed by atoms with Crippen LogP contribution in [-0.4, -0.2) is 44.0 Å². The van der Waals surface area contributed by atoms with Crippen LogP contribution < -0.4 is 5.32 Å². The number of aromatic nitrogens is 3. The Morgan fingerprint density at radius 2 is 1.85 bits per heavy atom. The maximum atomic E-state index is 13.8. The van der Waals surface area contributed by atoms with Gasteiger partial charge in [-0.3, -0.25) is 0 Å². The number of halogens is 5. The lowest BCUT2D eigenvalue weighted by atomic mass is 10.0. The summed E-state index contributed by atoms with van der Waals surface area (Å²) in [5.74, 6) is 1.64. The average Bonchev–Trinajstić information content (AvgIpc) is 3.58. The molecule has 2 amide bonds. The number of fused-ring (bicyclic) bond motifs is 1. The van der Waals surface area contributed by atoms with E-state index < -0.39 is 42.5 Å². The van der Waals surface area contributed by atoms with Gasteiger partial charge in [-0.1, -0.05) is 12.0 Å². The van der Waals surface area contributed by atoms with Crippen LogP contribution in [0.2, 0.25) is 0 Å². The standard InChI is InChI=1S/C27H17F5N6O3/c28-19-10-18(11-20(29)13-19)23-7-9-35-38(23)26(40)36-21-5-3-17(15-41-25(39)27(30,31)32)16(12-21)4-6-22-14-33-24-2-1-8-34-37(22)24/h1-3,5,8-14,23H,7,15H2,(H,36,40). The number of urea groups is 1. The minimum Gasteiger partial charge on any atom is -0.454 e. The molecule has 208 valence electrons. The molecule has 0 saturated carbocycles. The summed E-state index contributed by atoms with van der Waals surface area (Å²) < 4.78 is 71.4. The number of hydrazone groups is 1. The summed E-state index contributed by atoms with van der Waals surface area (Å²) in [4.78, 5) is 28.5. The monoisotopic (exact) mass is 568 g/mol. The van der Waals surface area contributed by atoms with Gasteiger partial charge in [-0.15, -0.1) is 0 Å². The first kappa shape index (κ1) is 27.3. The lowest BCUT2D eigenvalue weighted by molar-refractivity contribution is -0.201. The molecule has 1 N–H and O–H groups in total. The lowest BCUT2D eigenvalue weighted by Gasteiger charge is -2.23. The second-order valence-electron chi connectivity index (χ2n) is 8.66. The number of esters is 1. The van der Waals surface area contributed by atoms with Crippen molar-refractivity contribution < 1.29 is 36.3 Å². The Hall–Kier alpha value is -5.32. The number of amides is 2. The largest absolute Gasteiger partial charge is 0.490 e. The second kappa shape index (κ2) is 11.0. The average molecular weight is 568 g/mol. The smallest absolute Gasteiger partial charge is 0.454 e. The van der Waals surface area contributed by atoms with Crippen LogP contribution in [0, 0.1) is 23.5 Å². The van der Waals surface area contributed by atoms with Gasteiger partial charge in [-0.25, -0.2) is 32.9 Å². The maximum absolute atomic E-state index is 13.8. The van der Waals surface area contributed by atoms with Gasteiger partial charge < -0.3 is 10.1 Å². The first-order chi connectivity index (χ1) is 19.6. The van der Waals surface area contributed by atoms with Crippen molar-refractivity contribution >= 4 is 29.5 Å². The summed E-state index contributed by atoms with van der Waals surface area (Å²) in [6.07, 6.45) is -0.579. The van der Waals surface area contributed by atoms with Gasteiger partial charge in [-0.2, -0.15) is 23.4 Å². The van der Waals surface area contributed by atoms with Crippen LogP contribution in [0.1, 0.15) is 34.8 Å². The van der Waals surface area contributed by atoms with E-state index in [0.29, 0.717) is 17.4 Å². The highest BCUT2D eigenvalue weighted by Crippen LogP contribution is 2.30. The number of ether oxygens (including phenoxy) is 1. The van der Waals surface area contributed by atoms with Gasteiger partial charge in [0.05, 0.1) is 12.2 Å². The van der Waals surface area contributed by atoms with Gasteiger partial charge in [0.1, 0.15) is 23.9 Å². The number of hydrogen-bond donors (Lipinski definition) is 1. The summed E-state index contributed by atoms with van der Waals surface area (Å²) in [5, 5.41) is 11.8. The zero-order valence-electron chi connectivity index (χ0n) is 20.7. The van der Waals surface area contributed by atoms with Crippen LogP contribution in [0.25, 0.3) is 5.65 Å². The number of rotatable bonds is 4. The molecule has 1 atom stereocenters. The van der Waals surface area contributed by atoms with Gasteiger partial charge in [0.2, 0.25) is 0 Å². The number of alkyl halides is 3. The molecule has 0 radical (unpaired) electrons. The van der Waals surface area contributed by atoms with E-state index in [1.165, 1.54) is 41.3 Å². The van der Waals surface area contributed by atoms with E-state index in [-0.39, 0.29) is 28.8 Å². The summed E-state index contributed by atoms with van der Waals surface area (Å²) in [7, 11) is 0. The molecule has 0 aliphatic carbocycles. The van der Waals surface area contributed by atoms with E-state index in [4.69, 9.17) is 0 Å². The van der Waals surface area contributed by atoms with Crippen molar-refractivity contribution in [2.45, 2.75) is 25.2 Å². The predicted molar refractivity (Wildman–Crippen MR) is 134 cm³/mol. The molecule has 1 aliphatic rings. The Labute approximate surface area is 228 Å². The number of hydrogen-bond acceptors (Lipinski definition) is 6. The fourth-order valence-electron chi connectivity index (χ4n) is 4.00. The highest BCUT2D eigenvalue weighted by atomic mass is 19.4. The van der Waals surface area contributed by atoms with Gasteiger partial charge in [0.25, 0.3) is 0 Å². The van der Waals surface area contributed by atoms with Gasteiger partial charge in [-0.05, 0) is 47.9 Å². The quantitative estimate of drug-likeness (QED) is 0.213. The third kappa shape index (κ3) is 6.14. The summed E-state index contributed by atoms with van der Waals surface area (Å²) in [6, 6.07) is 8.84. The van der Waals surface area contributed by atoms with Gasteiger partial charge in [0.15, 0.2) is 5.65 Å². The van der Waals surface area contributed by atoms with Crippen molar-refractivity contribution in [1.29, 1.82) is 0 Å². The minimum atomic E-state index is -5.18. The van der Waals surface area contributed by atoms with E-state index in [1.54, 1.807) is 12.1 Å². The number of carbonyl (C=O) groups is 2. The fourth-order valence-corrected chi connectivity index (χ4v) is 4.00. The molecule has 14 heteroatoms. The van der Waals surface area contributed by atoms with E-state index in [1.807, 2.05) is 0 Å². The number of anilines is 1. The normalized spacial score (nSPS) is 14.6. The molecule has 2 aromatic carbocycles. The number of carbonyl (C=O) groups excluding carboxylic acids is 2. The topological polar surface area (TPSA) is 101 Å². The van der Waals surface area contributed by atoms with Gasteiger partial charge >= 0.3 is 18.2 Å². The van der Waals surface area contributed by atoms with E-state index in [9.17, 15) is 31.5 Å². The first-order valence-corrected chi connectivity index (χ1v) is 11.8. The summed E-state index contributed by atoms with van der Waals surface area (Å²) >= 11 is 0. The van der Waals surface area contributed by atoms with Crippen LogP contribution in [0.3, 0.4) is 0 Å². The van der Waals surface area contributed by atoms with Crippen LogP contribution in [0.4, 0.5) is 32.4 Å². The van der Waals surface area contributed by atoms with Crippen LogP contribution in [0.5, 0.6) is 0 Å². The number of nitrogens with zero attached hydrogens (tertiary/aromatic N) is 5. The molecular weight excluding hydrogens is 551 g/mol. The van der Waals surface area contributed by atoms with Crippen molar-refractivity contribution in [2.75, 3.05) is 5.32 Å². The van der Waals surface area contributed by atoms with Crippen LogP contribution in [-0.2, 0) is 16.1 Å². The van der Waals surface area contributed by atoms with Crippen molar-refractivity contribution in [3.63, 3.8) is 0 Å². The Balaban J connectivity index is 1.42. The lowest BCUT2D eigenvalue weighted by Crippen LogP contribution is -2.31. The molecule has 1 unspecified atom stereocenters. The fraction of sp³-hybridized carbons (Fsp3) is 0.148. The van der Waals surface area contributed by atoms with Crippen LogP contribution >= 0.6 is 0 Å². The highest BCUT2D eigenvalue weighted by molar-refractivity contribution is 5.91. The number of nitrogens with one attached hydrogen (secondary N) is 1. The minimum absolute atomic E-state index is 0.127. The third-order valence-corrected chi connectivity index (χ3v) is 5.86. The Bertz CT molecular complexity index is 1720. The summed E-state index contributed by atoms with van der Waals surface area (Å²) in [6.45, 7) is -0.744. The number of imidazole rings is 1. The van der Waals surface area contributed by atoms with Gasteiger partial charge in [0, 0.05) is 41.7 Å².